The average Bonchev–Trinajstić information content (AvgIpc) is 3.11. The lowest BCUT2D eigenvalue weighted by molar-refractivity contribution is -0.139. The van der Waals surface area contributed by atoms with Gasteiger partial charge in [0.2, 0.25) is 11.8 Å². The number of aromatic nitrogens is 4. The second kappa shape index (κ2) is 6.60. The molecule has 25 heavy (non-hydrogen) atoms. The molecule has 130 valence electrons. The van der Waals surface area contributed by atoms with Gasteiger partial charge in [0.15, 0.2) is 5.82 Å². The molecule has 2 aromatic rings. The number of pyridine rings is 1. The average molecular weight is 341 g/mol. The van der Waals surface area contributed by atoms with E-state index in [4.69, 9.17) is 0 Å². The van der Waals surface area contributed by atoms with Crippen LogP contribution in [0.3, 0.4) is 0 Å². The van der Waals surface area contributed by atoms with Gasteiger partial charge in [-0.05, 0) is 12.1 Å². The molecular formula is C16H19N7O2. The molecule has 1 atom stereocenters. The summed E-state index contributed by atoms with van der Waals surface area (Å²) in [5.41, 5.74) is 0.796. The van der Waals surface area contributed by atoms with Crippen LogP contribution in [0, 0.1) is 0 Å². The van der Waals surface area contributed by atoms with E-state index in [0.717, 1.165) is 18.7 Å². The molecule has 0 bridgehead atoms. The molecule has 0 spiro atoms. The Labute approximate surface area is 144 Å². The zero-order valence-electron chi connectivity index (χ0n) is 13.7. The molecule has 0 unspecified atom stereocenters. The number of H-pyrrole nitrogens is 1. The van der Waals surface area contributed by atoms with Gasteiger partial charge in [0.25, 0.3) is 0 Å². The van der Waals surface area contributed by atoms with Crippen LogP contribution in [0.5, 0.6) is 0 Å². The Morgan fingerprint density at radius 3 is 3.08 bits per heavy atom. The number of hydrogen-bond acceptors (Lipinski definition) is 6. The van der Waals surface area contributed by atoms with Crippen LogP contribution in [0.1, 0.15) is 5.82 Å². The van der Waals surface area contributed by atoms with Crippen molar-refractivity contribution in [2.75, 3.05) is 32.7 Å². The quantitative estimate of drug-likeness (QED) is 0.746. The molecule has 0 aromatic carbocycles. The van der Waals surface area contributed by atoms with Crippen molar-refractivity contribution in [3.05, 3.63) is 30.4 Å². The fraction of sp³-hybridized carbons (Fsp3) is 0.438. The summed E-state index contributed by atoms with van der Waals surface area (Å²) >= 11 is 0. The Hall–Kier alpha value is -2.81. The number of hydrogen-bond donors (Lipinski definition) is 2. The summed E-state index contributed by atoms with van der Waals surface area (Å²) in [5.74, 6) is 0.987. The van der Waals surface area contributed by atoms with E-state index in [1.54, 1.807) is 17.3 Å². The highest BCUT2D eigenvalue weighted by molar-refractivity contribution is 5.84. The van der Waals surface area contributed by atoms with Crippen LogP contribution in [-0.4, -0.2) is 80.5 Å². The minimum atomic E-state index is -0.243. The van der Waals surface area contributed by atoms with Gasteiger partial charge >= 0.3 is 0 Å². The summed E-state index contributed by atoms with van der Waals surface area (Å²) in [6.07, 6.45) is 3.50. The van der Waals surface area contributed by atoms with Crippen molar-refractivity contribution in [2.24, 2.45) is 0 Å². The lowest BCUT2D eigenvalue weighted by Crippen LogP contribution is -2.64. The predicted octanol–water partition coefficient (Wildman–Crippen LogP) is -0.948. The SMILES string of the molecule is O=C1NCCN2CCN(C(=O)Cc3nc(-c4cccnc4)n[nH]3)C[C@H]12. The molecule has 2 aromatic heterocycles. The number of rotatable bonds is 3. The van der Waals surface area contributed by atoms with E-state index in [9.17, 15) is 9.59 Å². The van der Waals surface area contributed by atoms with Gasteiger partial charge in [-0.2, -0.15) is 5.10 Å². The minimum Gasteiger partial charge on any atom is -0.353 e. The van der Waals surface area contributed by atoms with E-state index in [0.29, 0.717) is 31.3 Å². The van der Waals surface area contributed by atoms with E-state index >= 15 is 0 Å². The van der Waals surface area contributed by atoms with Crippen molar-refractivity contribution in [1.29, 1.82) is 0 Å². The summed E-state index contributed by atoms with van der Waals surface area (Å²) in [7, 11) is 0. The molecule has 0 radical (unpaired) electrons. The zero-order valence-corrected chi connectivity index (χ0v) is 13.7. The van der Waals surface area contributed by atoms with Crippen molar-refractivity contribution in [1.82, 2.24) is 35.3 Å². The van der Waals surface area contributed by atoms with E-state index in [2.05, 4.69) is 30.4 Å². The lowest BCUT2D eigenvalue weighted by atomic mass is 10.1. The van der Waals surface area contributed by atoms with E-state index in [1.807, 2.05) is 12.1 Å². The number of nitrogens with zero attached hydrogens (tertiary/aromatic N) is 5. The second-order valence-corrected chi connectivity index (χ2v) is 6.21. The number of amides is 2. The Bertz CT molecular complexity index is 776. The van der Waals surface area contributed by atoms with Crippen molar-refractivity contribution in [2.45, 2.75) is 12.5 Å². The highest BCUT2D eigenvalue weighted by Gasteiger charge is 2.36. The number of carbonyl (C=O) groups is 2. The number of aromatic amines is 1. The zero-order chi connectivity index (χ0) is 17.2. The molecule has 4 rings (SSSR count). The largest absolute Gasteiger partial charge is 0.353 e. The highest BCUT2D eigenvalue weighted by atomic mass is 16.2. The van der Waals surface area contributed by atoms with Gasteiger partial charge in [-0.1, -0.05) is 0 Å². The number of carbonyl (C=O) groups excluding carboxylic acids is 2. The van der Waals surface area contributed by atoms with Crippen LogP contribution in [0.25, 0.3) is 11.4 Å². The summed E-state index contributed by atoms with van der Waals surface area (Å²) in [5, 5.41) is 9.82. The maximum Gasteiger partial charge on any atom is 0.239 e. The molecule has 2 aliphatic rings. The molecule has 0 aliphatic carbocycles. The smallest absolute Gasteiger partial charge is 0.239 e. The van der Waals surface area contributed by atoms with Crippen LogP contribution in [0.15, 0.2) is 24.5 Å². The fourth-order valence-electron chi connectivity index (χ4n) is 3.26. The van der Waals surface area contributed by atoms with Gasteiger partial charge in [0, 0.05) is 50.7 Å². The maximum absolute atomic E-state index is 12.6. The third-order valence-electron chi connectivity index (χ3n) is 4.61. The number of piperazine rings is 2. The van der Waals surface area contributed by atoms with Gasteiger partial charge in [-0.3, -0.25) is 24.6 Å². The van der Waals surface area contributed by atoms with E-state index < -0.39 is 0 Å². The predicted molar refractivity (Wildman–Crippen MR) is 88.3 cm³/mol. The Morgan fingerprint density at radius 2 is 2.24 bits per heavy atom. The standard InChI is InChI=1S/C16H19N7O2/c24-14(23-7-6-22-5-4-18-16(25)12(22)10-23)8-13-19-15(21-20-13)11-2-1-3-17-9-11/h1-3,9,12H,4-8,10H2,(H,18,25)(H,19,20,21)/t12-/m1/s1. The molecule has 2 N–H and O–H groups in total. The van der Waals surface area contributed by atoms with Gasteiger partial charge in [-0.15, -0.1) is 0 Å². The molecule has 2 saturated heterocycles. The van der Waals surface area contributed by atoms with Gasteiger partial charge in [0.1, 0.15) is 11.9 Å². The highest BCUT2D eigenvalue weighted by Crippen LogP contribution is 2.15. The van der Waals surface area contributed by atoms with Crippen LogP contribution in [-0.2, 0) is 16.0 Å². The molecule has 9 nitrogen and oxygen atoms in total. The van der Waals surface area contributed by atoms with Crippen molar-refractivity contribution in [3.8, 4) is 11.4 Å². The number of nitrogens with one attached hydrogen (secondary N) is 2. The van der Waals surface area contributed by atoms with Crippen molar-refractivity contribution >= 4 is 11.8 Å². The van der Waals surface area contributed by atoms with Gasteiger partial charge < -0.3 is 10.2 Å². The maximum atomic E-state index is 12.6. The van der Waals surface area contributed by atoms with Crippen LogP contribution >= 0.6 is 0 Å². The Morgan fingerprint density at radius 1 is 1.32 bits per heavy atom. The van der Waals surface area contributed by atoms with Crippen molar-refractivity contribution < 1.29 is 9.59 Å². The van der Waals surface area contributed by atoms with Crippen LogP contribution in [0.2, 0.25) is 0 Å². The van der Waals surface area contributed by atoms with E-state index in [1.165, 1.54) is 0 Å². The van der Waals surface area contributed by atoms with Crippen LogP contribution in [0.4, 0.5) is 0 Å². The third-order valence-corrected chi connectivity index (χ3v) is 4.61. The molecule has 4 heterocycles. The monoisotopic (exact) mass is 341 g/mol. The summed E-state index contributed by atoms with van der Waals surface area (Å²) in [4.78, 5) is 36.8. The normalized spacial score (nSPS) is 20.9. The summed E-state index contributed by atoms with van der Waals surface area (Å²) in [6.45, 7) is 3.30. The molecule has 2 fully saturated rings. The lowest BCUT2D eigenvalue weighted by Gasteiger charge is -2.42. The van der Waals surface area contributed by atoms with Gasteiger partial charge in [0.05, 0.1) is 6.42 Å². The first-order chi connectivity index (χ1) is 12.2. The summed E-state index contributed by atoms with van der Waals surface area (Å²) < 4.78 is 0. The van der Waals surface area contributed by atoms with Crippen molar-refractivity contribution in [3.63, 3.8) is 0 Å². The topological polar surface area (TPSA) is 107 Å². The van der Waals surface area contributed by atoms with E-state index in [-0.39, 0.29) is 24.3 Å². The second-order valence-electron chi connectivity index (χ2n) is 6.21. The first-order valence-corrected chi connectivity index (χ1v) is 8.32. The molecular weight excluding hydrogens is 322 g/mol. The molecule has 0 saturated carbocycles. The minimum absolute atomic E-state index is 0.00211. The fourth-order valence-corrected chi connectivity index (χ4v) is 3.26. The first-order valence-electron chi connectivity index (χ1n) is 8.32. The van der Waals surface area contributed by atoms with Gasteiger partial charge in [-0.25, -0.2) is 4.98 Å². The third kappa shape index (κ3) is 3.22. The first kappa shape index (κ1) is 15.7. The molecule has 2 aliphatic heterocycles. The Kier molecular flexibility index (Phi) is 4.14. The molecule has 2 amide bonds. The van der Waals surface area contributed by atoms with Crippen LogP contribution < -0.4 is 5.32 Å². The molecule has 9 heteroatoms. The Balaban J connectivity index is 1.41. The number of fused-ring (bicyclic) bond motifs is 1. The summed E-state index contributed by atoms with van der Waals surface area (Å²) in [6, 6.07) is 3.43.